The molecular formula is C17H22O2. The van der Waals surface area contributed by atoms with E-state index >= 15 is 0 Å². The predicted molar refractivity (Wildman–Crippen MR) is 75.0 cm³/mol. The highest BCUT2D eigenvalue weighted by atomic mass is 16.4. The molecule has 0 saturated heterocycles. The van der Waals surface area contributed by atoms with E-state index in [-0.39, 0.29) is 0 Å². The van der Waals surface area contributed by atoms with Crippen molar-refractivity contribution in [2.24, 2.45) is 17.3 Å². The summed E-state index contributed by atoms with van der Waals surface area (Å²) in [4.78, 5) is 11.8. The van der Waals surface area contributed by atoms with Crippen LogP contribution in [0.4, 0.5) is 0 Å². The first kappa shape index (κ1) is 12.7. The van der Waals surface area contributed by atoms with Gasteiger partial charge in [-0.2, -0.15) is 0 Å². The lowest BCUT2D eigenvalue weighted by atomic mass is 9.67. The van der Waals surface area contributed by atoms with Gasteiger partial charge in [-0.1, -0.05) is 37.3 Å². The third-order valence-corrected chi connectivity index (χ3v) is 5.32. The average Bonchev–Trinajstić information content (AvgIpc) is 3.21. The molecule has 2 unspecified atom stereocenters. The van der Waals surface area contributed by atoms with Gasteiger partial charge in [0, 0.05) is 0 Å². The van der Waals surface area contributed by atoms with Gasteiger partial charge in [0.2, 0.25) is 0 Å². The van der Waals surface area contributed by atoms with Gasteiger partial charge in [0.25, 0.3) is 0 Å². The largest absolute Gasteiger partial charge is 0.481 e. The highest BCUT2D eigenvalue weighted by Crippen LogP contribution is 2.62. The molecule has 0 amide bonds. The molecule has 0 aromatic heterocycles. The minimum absolute atomic E-state index is 0.361. The van der Waals surface area contributed by atoms with Crippen LogP contribution in [0.1, 0.15) is 50.5 Å². The fourth-order valence-electron chi connectivity index (χ4n) is 3.89. The predicted octanol–water partition coefficient (Wildman–Crippen LogP) is 4.07. The molecule has 0 bridgehead atoms. The fraction of sp³-hybridized carbons (Fsp3) is 0.588. The van der Waals surface area contributed by atoms with Gasteiger partial charge in [-0.05, 0) is 55.4 Å². The zero-order valence-corrected chi connectivity index (χ0v) is 11.5. The molecule has 2 aliphatic rings. The summed E-state index contributed by atoms with van der Waals surface area (Å²) in [5.74, 6) is 0.981. The topological polar surface area (TPSA) is 37.3 Å². The minimum atomic E-state index is -0.553. The number of aliphatic carboxylic acids is 1. The fourth-order valence-corrected chi connectivity index (χ4v) is 3.89. The van der Waals surface area contributed by atoms with E-state index < -0.39 is 11.4 Å². The van der Waals surface area contributed by atoms with Crippen molar-refractivity contribution in [3.8, 4) is 0 Å². The lowest BCUT2D eigenvalue weighted by molar-refractivity contribution is -0.153. The second kappa shape index (κ2) is 4.66. The molecule has 0 radical (unpaired) electrons. The minimum Gasteiger partial charge on any atom is -0.481 e. The first-order chi connectivity index (χ1) is 9.13. The van der Waals surface area contributed by atoms with Crippen molar-refractivity contribution < 1.29 is 9.90 Å². The van der Waals surface area contributed by atoms with Crippen LogP contribution in [0.2, 0.25) is 0 Å². The Kier molecular flexibility index (Phi) is 3.12. The summed E-state index contributed by atoms with van der Waals surface area (Å²) in [6.45, 7) is 2.24. The molecule has 1 N–H and O–H groups in total. The van der Waals surface area contributed by atoms with E-state index in [4.69, 9.17) is 0 Å². The monoisotopic (exact) mass is 258 g/mol. The maximum atomic E-state index is 11.8. The Morgan fingerprint density at radius 1 is 1.21 bits per heavy atom. The summed E-state index contributed by atoms with van der Waals surface area (Å²) in [6, 6.07) is 10.4. The maximum absolute atomic E-state index is 11.8. The maximum Gasteiger partial charge on any atom is 0.309 e. The Morgan fingerprint density at radius 3 is 2.42 bits per heavy atom. The normalized spacial score (nSPS) is 37.8. The quantitative estimate of drug-likeness (QED) is 0.887. The van der Waals surface area contributed by atoms with Crippen LogP contribution in [-0.4, -0.2) is 11.1 Å². The zero-order chi connectivity index (χ0) is 13.5. The molecule has 1 aromatic carbocycles. The Balaban J connectivity index is 1.79. The van der Waals surface area contributed by atoms with Crippen molar-refractivity contribution in [3.63, 3.8) is 0 Å². The van der Waals surface area contributed by atoms with E-state index in [2.05, 4.69) is 31.2 Å². The molecule has 2 aliphatic carbocycles. The van der Waals surface area contributed by atoms with Crippen molar-refractivity contribution in [3.05, 3.63) is 35.9 Å². The van der Waals surface area contributed by atoms with Gasteiger partial charge < -0.3 is 5.11 Å². The molecule has 2 atom stereocenters. The van der Waals surface area contributed by atoms with Crippen LogP contribution in [0.3, 0.4) is 0 Å². The van der Waals surface area contributed by atoms with Crippen LogP contribution in [0, 0.1) is 17.3 Å². The molecule has 2 nitrogen and oxygen atoms in total. The summed E-state index contributed by atoms with van der Waals surface area (Å²) >= 11 is 0. The number of carboxylic acids is 1. The van der Waals surface area contributed by atoms with Gasteiger partial charge in [0.1, 0.15) is 0 Å². The Morgan fingerprint density at radius 2 is 1.84 bits per heavy atom. The average molecular weight is 258 g/mol. The summed E-state index contributed by atoms with van der Waals surface area (Å²) < 4.78 is 0. The zero-order valence-electron chi connectivity index (χ0n) is 11.5. The number of carboxylic acid groups (broad SMARTS) is 1. The van der Waals surface area contributed by atoms with Crippen LogP contribution in [0.5, 0.6) is 0 Å². The molecule has 102 valence electrons. The number of carbonyl (C=O) groups is 1. The molecular weight excluding hydrogens is 236 g/mol. The number of hydrogen-bond donors (Lipinski definition) is 1. The number of rotatable bonds is 3. The third kappa shape index (κ3) is 2.18. The summed E-state index contributed by atoms with van der Waals surface area (Å²) in [5.41, 5.74) is 0.888. The molecule has 0 heterocycles. The highest BCUT2D eigenvalue weighted by Gasteiger charge is 2.57. The van der Waals surface area contributed by atoms with Crippen LogP contribution >= 0.6 is 0 Å². The smallest absolute Gasteiger partial charge is 0.309 e. The van der Waals surface area contributed by atoms with Gasteiger partial charge in [-0.3, -0.25) is 4.79 Å². The van der Waals surface area contributed by atoms with Gasteiger partial charge in [0.05, 0.1) is 5.41 Å². The molecule has 2 fully saturated rings. The van der Waals surface area contributed by atoms with Crippen LogP contribution in [-0.2, 0) is 4.79 Å². The SMILES string of the molecule is CC1CCC(C(=O)O)(C2CC2c2ccccc2)CC1. The Bertz CT molecular complexity index is 457. The van der Waals surface area contributed by atoms with E-state index in [1.807, 2.05) is 6.07 Å². The van der Waals surface area contributed by atoms with E-state index in [0.717, 1.165) is 32.1 Å². The van der Waals surface area contributed by atoms with E-state index in [0.29, 0.717) is 17.8 Å². The van der Waals surface area contributed by atoms with Crippen molar-refractivity contribution in [2.75, 3.05) is 0 Å². The molecule has 2 heteroatoms. The number of benzene rings is 1. The molecule has 2 saturated carbocycles. The molecule has 19 heavy (non-hydrogen) atoms. The first-order valence-corrected chi connectivity index (χ1v) is 7.42. The van der Waals surface area contributed by atoms with Gasteiger partial charge >= 0.3 is 5.97 Å². The van der Waals surface area contributed by atoms with Crippen LogP contribution < -0.4 is 0 Å². The highest BCUT2D eigenvalue weighted by molar-refractivity contribution is 5.76. The summed E-state index contributed by atoms with van der Waals surface area (Å²) in [6.07, 6.45) is 4.95. The van der Waals surface area contributed by atoms with Crippen molar-refractivity contribution in [1.82, 2.24) is 0 Å². The first-order valence-electron chi connectivity index (χ1n) is 7.42. The lowest BCUT2D eigenvalue weighted by Crippen LogP contribution is -2.37. The second-order valence-electron chi connectivity index (χ2n) is 6.50. The van der Waals surface area contributed by atoms with Crippen molar-refractivity contribution >= 4 is 5.97 Å². The molecule has 0 aliphatic heterocycles. The molecule has 3 rings (SSSR count). The molecule has 0 spiro atoms. The van der Waals surface area contributed by atoms with Crippen LogP contribution in [0.15, 0.2) is 30.3 Å². The lowest BCUT2D eigenvalue weighted by Gasteiger charge is -2.36. The van der Waals surface area contributed by atoms with E-state index in [1.54, 1.807) is 0 Å². The van der Waals surface area contributed by atoms with Gasteiger partial charge in [-0.25, -0.2) is 0 Å². The van der Waals surface area contributed by atoms with E-state index in [9.17, 15) is 9.90 Å². The second-order valence-corrected chi connectivity index (χ2v) is 6.50. The summed E-state index contributed by atoms with van der Waals surface area (Å²) in [5, 5.41) is 9.75. The van der Waals surface area contributed by atoms with Gasteiger partial charge in [0.15, 0.2) is 0 Å². The van der Waals surface area contributed by atoms with Gasteiger partial charge in [-0.15, -0.1) is 0 Å². The summed E-state index contributed by atoms with van der Waals surface area (Å²) in [7, 11) is 0. The van der Waals surface area contributed by atoms with E-state index in [1.165, 1.54) is 5.56 Å². The number of hydrogen-bond acceptors (Lipinski definition) is 1. The Hall–Kier alpha value is -1.31. The Labute approximate surface area is 114 Å². The molecule has 1 aromatic rings. The van der Waals surface area contributed by atoms with Crippen molar-refractivity contribution in [1.29, 1.82) is 0 Å². The van der Waals surface area contributed by atoms with Crippen LogP contribution in [0.25, 0.3) is 0 Å². The standard InChI is InChI=1S/C17H22O2/c1-12-7-9-17(10-8-12,16(18)19)15-11-14(15)13-5-3-2-4-6-13/h2-6,12,14-15H,7-11H2,1H3,(H,18,19). The third-order valence-electron chi connectivity index (χ3n) is 5.32. The van der Waals surface area contributed by atoms with Crippen molar-refractivity contribution in [2.45, 2.75) is 44.9 Å².